The van der Waals surface area contributed by atoms with E-state index < -0.39 is 11.8 Å². The lowest BCUT2D eigenvalue weighted by atomic mass is 10.3. The van der Waals surface area contributed by atoms with Crippen molar-refractivity contribution in [2.24, 2.45) is 0 Å². The van der Waals surface area contributed by atoms with Crippen LogP contribution >= 0.6 is 27.3 Å². The first-order valence-corrected chi connectivity index (χ1v) is 7.35. The van der Waals surface area contributed by atoms with Crippen LogP contribution in [0.5, 0.6) is 0 Å². The second kappa shape index (κ2) is 6.31. The molecule has 0 aliphatic rings. The Kier molecular flexibility index (Phi) is 4.69. The van der Waals surface area contributed by atoms with Gasteiger partial charge in [0, 0.05) is 12.6 Å². The number of carbonyl (C=O) groups is 2. The second-order valence-electron chi connectivity index (χ2n) is 4.00. The van der Waals surface area contributed by atoms with Crippen molar-refractivity contribution in [3.8, 4) is 0 Å². The van der Waals surface area contributed by atoms with Crippen LogP contribution in [-0.4, -0.2) is 23.8 Å². The van der Waals surface area contributed by atoms with E-state index in [-0.39, 0.29) is 16.4 Å². The summed E-state index contributed by atoms with van der Waals surface area (Å²) in [6, 6.07) is 4.45. The molecule has 0 atom stereocenters. The van der Waals surface area contributed by atoms with Gasteiger partial charge in [0.05, 0.1) is 11.6 Å². The number of aromatic nitrogens is 1. The number of esters is 1. The molecule has 0 unspecified atom stereocenters. The summed E-state index contributed by atoms with van der Waals surface area (Å²) in [6.45, 7) is 1.34. The predicted molar refractivity (Wildman–Crippen MR) is 80.8 cm³/mol. The molecular weight excluding hydrogens is 363 g/mol. The average molecular weight is 373 g/mol. The number of nitrogens with zero attached hydrogens (tertiary/aromatic N) is 1. The molecule has 0 amide bonds. The molecule has 2 aromatic rings. The maximum Gasteiger partial charge on any atom is 0.358 e. The van der Waals surface area contributed by atoms with Gasteiger partial charge in [0.25, 0.3) is 0 Å². The fourth-order valence-corrected chi connectivity index (χ4v) is 2.66. The molecular formula is C13H10BrFN2O3S. The molecule has 0 saturated carbocycles. The fourth-order valence-electron chi connectivity index (χ4n) is 1.54. The number of halogens is 2. The summed E-state index contributed by atoms with van der Waals surface area (Å²) in [4.78, 5) is 27.3. The molecule has 0 radical (unpaired) electrons. The molecule has 0 saturated heterocycles. The molecule has 110 valence electrons. The van der Waals surface area contributed by atoms with Gasteiger partial charge in [-0.1, -0.05) is 11.3 Å². The van der Waals surface area contributed by atoms with Crippen molar-refractivity contribution in [1.82, 2.24) is 4.98 Å². The first-order valence-electron chi connectivity index (χ1n) is 5.74. The third-order valence-electron chi connectivity index (χ3n) is 2.50. The zero-order chi connectivity index (χ0) is 15.6. The SMILES string of the molecule is COC(=O)c1nc(Nc2ccc(Br)c(F)c2)sc1C(C)=O. The summed E-state index contributed by atoms with van der Waals surface area (Å²) in [6.07, 6.45) is 0. The quantitative estimate of drug-likeness (QED) is 0.653. The summed E-state index contributed by atoms with van der Waals surface area (Å²) in [5.41, 5.74) is 0.408. The number of hydrogen-bond donors (Lipinski definition) is 1. The van der Waals surface area contributed by atoms with E-state index in [1.165, 1.54) is 20.1 Å². The molecule has 5 nitrogen and oxygen atoms in total. The fraction of sp³-hybridized carbons (Fsp3) is 0.154. The van der Waals surface area contributed by atoms with Gasteiger partial charge in [0.2, 0.25) is 0 Å². The van der Waals surface area contributed by atoms with Crippen LogP contribution < -0.4 is 5.32 Å². The molecule has 8 heteroatoms. The Morgan fingerprint density at radius 3 is 2.71 bits per heavy atom. The Balaban J connectivity index is 2.34. The number of Topliss-reactive ketones (excluding diaryl/α,β-unsaturated/α-hetero) is 1. The number of carbonyl (C=O) groups excluding carboxylic acids is 2. The van der Waals surface area contributed by atoms with Gasteiger partial charge in [-0.25, -0.2) is 14.2 Å². The van der Waals surface area contributed by atoms with Crippen molar-refractivity contribution in [3.05, 3.63) is 39.1 Å². The monoisotopic (exact) mass is 372 g/mol. The van der Waals surface area contributed by atoms with E-state index >= 15 is 0 Å². The van der Waals surface area contributed by atoms with E-state index in [0.29, 0.717) is 15.3 Å². The van der Waals surface area contributed by atoms with E-state index in [2.05, 4.69) is 31.0 Å². The first-order chi connectivity index (χ1) is 9.92. The molecule has 1 aromatic heterocycles. The van der Waals surface area contributed by atoms with Gasteiger partial charge in [-0.3, -0.25) is 4.79 Å². The Hall–Kier alpha value is -1.80. The van der Waals surface area contributed by atoms with E-state index in [1.54, 1.807) is 12.1 Å². The van der Waals surface area contributed by atoms with Crippen molar-refractivity contribution < 1.29 is 18.7 Å². The van der Waals surface area contributed by atoms with E-state index in [9.17, 15) is 14.0 Å². The number of hydrogen-bond acceptors (Lipinski definition) is 6. The molecule has 0 aliphatic heterocycles. The van der Waals surface area contributed by atoms with E-state index in [4.69, 9.17) is 0 Å². The average Bonchev–Trinajstić information content (AvgIpc) is 2.86. The van der Waals surface area contributed by atoms with Crippen molar-refractivity contribution in [2.45, 2.75) is 6.92 Å². The number of benzene rings is 1. The highest BCUT2D eigenvalue weighted by atomic mass is 79.9. The highest BCUT2D eigenvalue weighted by molar-refractivity contribution is 9.10. The summed E-state index contributed by atoms with van der Waals surface area (Å²) in [5.74, 6) is -1.41. The zero-order valence-corrected chi connectivity index (χ0v) is 13.5. The summed E-state index contributed by atoms with van der Waals surface area (Å²) in [7, 11) is 1.21. The normalized spacial score (nSPS) is 10.3. The molecule has 0 fully saturated rings. The largest absolute Gasteiger partial charge is 0.464 e. The molecule has 1 aromatic carbocycles. The van der Waals surface area contributed by atoms with Crippen LogP contribution in [0.15, 0.2) is 22.7 Å². The zero-order valence-electron chi connectivity index (χ0n) is 11.1. The number of ketones is 1. The van der Waals surface area contributed by atoms with Gasteiger partial charge in [0.15, 0.2) is 16.6 Å². The Bertz CT molecular complexity index is 717. The number of rotatable bonds is 4. The minimum atomic E-state index is -0.688. The molecule has 1 heterocycles. The standard InChI is InChI=1S/C13H10BrFN2O3S/c1-6(18)11-10(12(19)20-2)17-13(21-11)16-7-3-4-8(14)9(15)5-7/h3-5H,1-2H3,(H,16,17). The summed E-state index contributed by atoms with van der Waals surface area (Å²) >= 11 is 4.07. The lowest BCUT2D eigenvalue weighted by Crippen LogP contribution is -2.07. The smallest absolute Gasteiger partial charge is 0.358 e. The Labute approximate surface area is 132 Å². The van der Waals surface area contributed by atoms with Crippen LogP contribution in [0, 0.1) is 5.82 Å². The van der Waals surface area contributed by atoms with E-state index in [1.807, 2.05) is 0 Å². The number of ether oxygens (including phenoxy) is 1. The predicted octanol–water partition coefficient (Wildman–Crippen LogP) is 3.78. The topological polar surface area (TPSA) is 68.3 Å². The van der Waals surface area contributed by atoms with Crippen molar-refractivity contribution >= 4 is 49.8 Å². The van der Waals surface area contributed by atoms with Crippen LogP contribution in [0.2, 0.25) is 0 Å². The summed E-state index contributed by atoms with van der Waals surface area (Å²) < 4.78 is 18.4. The lowest BCUT2D eigenvalue weighted by Gasteiger charge is -2.03. The maximum absolute atomic E-state index is 13.4. The van der Waals surface area contributed by atoms with Gasteiger partial charge >= 0.3 is 5.97 Å². The van der Waals surface area contributed by atoms with Crippen LogP contribution in [0.3, 0.4) is 0 Å². The highest BCUT2D eigenvalue weighted by Gasteiger charge is 2.21. The number of anilines is 2. The highest BCUT2D eigenvalue weighted by Crippen LogP contribution is 2.28. The number of nitrogens with one attached hydrogen (secondary N) is 1. The Morgan fingerprint density at radius 1 is 1.43 bits per heavy atom. The number of thiazole rings is 1. The minimum absolute atomic E-state index is 0.0462. The van der Waals surface area contributed by atoms with Crippen molar-refractivity contribution in [1.29, 1.82) is 0 Å². The van der Waals surface area contributed by atoms with Crippen LogP contribution in [-0.2, 0) is 4.74 Å². The van der Waals surface area contributed by atoms with Crippen LogP contribution in [0.1, 0.15) is 27.1 Å². The molecule has 0 spiro atoms. The van der Waals surface area contributed by atoms with Crippen LogP contribution in [0.4, 0.5) is 15.2 Å². The number of methoxy groups -OCH3 is 1. The molecule has 21 heavy (non-hydrogen) atoms. The van der Waals surface area contributed by atoms with Crippen molar-refractivity contribution in [3.63, 3.8) is 0 Å². The van der Waals surface area contributed by atoms with E-state index in [0.717, 1.165) is 11.3 Å². The second-order valence-corrected chi connectivity index (χ2v) is 5.85. The van der Waals surface area contributed by atoms with Crippen LogP contribution in [0.25, 0.3) is 0 Å². The Morgan fingerprint density at radius 2 is 2.14 bits per heavy atom. The summed E-state index contributed by atoms with van der Waals surface area (Å²) in [5, 5.41) is 3.16. The molecule has 0 bridgehead atoms. The minimum Gasteiger partial charge on any atom is -0.464 e. The third kappa shape index (κ3) is 3.45. The first kappa shape index (κ1) is 15.6. The molecule has 0 aliphatic carbocycles. The molecule has 1 N–H and O–H groups in total. The van der Waals surface area contributed by atoms with Gasteiger partial charge in [-0.05, 0) is 34.1 Å². The maximum atomic E-state index is 13.4. The van der Waals surface area contributed by atoms with Gasteiger partial charge in [-0.15, -0.1) is 0 Å². The lowest BCUT2D eigenvalue weighted by molar-refractivity contribution is 0.0591. The molecule has 2 rings (SSSR count). The van der Waals surface area contributed by atoms with Gasteiger partial charge < -0.3 is 10.1 Å². The van der Waals surface area contributed by atoms with Gasteiger partial charge in [-0.2, -0.15) is 0 Å². The van der Waals surface area contributed by atoms with Crippen molar-refractivity contribution in [2.75, 3.05) is 12.4 Å². The third-order valence-corrected chi connectivity index (χ3v) is 4.21. The van der Waals surface area contributed by atoms with Gasteiger partial charge in [0.1, 0.15) is 10.7 Å².